The van der Waals surface area contributed by atoms with E-state index in [1.807, 2.05) is 37.4 Å². The first-order valence-electron chi connectivity index (χ1n) is 9.16. The summed E-state index contributed by atoms with van der Waals surface area (Å²) in [5.74, 6) is 1.33. The highest BCUT2D eigenvalue weighted by atomic mass is 16.5. The quantitative estimate of drug-likeness (QED) is 0.599. The number of aryl methyl sites for hydroxylation is 1. The molecular formula is C21H19N5O2. The Balaban J connectivity index is 1.60. The van der Waals surface area contributed by atoms with Gasteiger partial charge in [0.2, 0.25) is 5.88 Å². The van der Waals surface area contributed by atoms with Gasteiger partial charge in [-0.1, -0.05) is 6.07 Å². The van der Waals surface area contributed by atoms with E-state index in [2.05, 4.69) is 32.5 Å². The largest absolute Gasteiger partial charge is 0.474 e. The van der Waals surface area contributed by atoms with E-state index in [0.29, 0.717) is 18.1 Å². The minimum absolute atomic E-state index is 0.116. The van der Waals surface area contributed by atoms with Crippen LogP contribution in [0.25, 0.3) is 22.8 Å². The van der Waals surface area contributed by atoms with Gasteiger partial charge in [-0.3, -0.25) is 4.79 Å². The SMILES string of the molecule is Cc1ncc(/C=C2\C(=O)Nc3ccc(-c4cnc5c(c4C)NCCO5)cc32)[nH]1. The van der Waals surface area contributed by atoms with Crippen LogP contribution in [-0.2, 0) is 4.79 Å². The van der Waals surface area contributed by atoms with Crippen molar-refractivity contribution in [3.05, 3.63) is 53.2 Å². The van der Waals surface area contributed by atoms with Crippen molar-refractivity contribution in [2.24, 2.45) is 0 Å². The number of pyridine rings is 1. The highest BCUT2D eigenvalue weighted by Crippen LogP contribution is 2.39. The Hall–Kier alpha value is -3.61. The Labute approximate surface area is 161 Å². The second kappa shape index (κ2) is 6.23. The molecule has 28 heavy (non-hydrogen) atoms. The Morgan fingerprint density at radius 2 is 2.04 bits per heavy atom. The summed E-state index contributed by atoms with van der Waals surface area (Å²) in [6.45, 7) is 5.31. The average molecular weight is 373 g/mol. The number of carbonyl (C=O) groups is 1. The zero-order chi connectivity index (χ0) is 19.3. The number of anilines is 2. The molecule has 0 fully saturated rings. The van der Waals surface area contributed by atoms with Crippen LogP contribution in [0.5, 0.6) is 5.88 Å². The normalized spacial score (nSPS) is 16.2. The third kappa shape index (κ3) is 2.63. The molecule has 1 amide bonds. The zero-order valence-electron chi connectivity index (χ0n) is 15.6. The molecule has 0 radical (unpaired) electrons. The molecule has 3 N–H and O–H groups in total. The Morgan fingerprint density at radius 3 is 2.86 bits per heavy atom. The first-order valence-corrected chi connectivity index (χ1v) is 9.16. The molecular weight excluding hydrogens is 354 g/mol. The van der Waals surface area contributed by atoms with Crippen molar-refractivity contribution in [1.82, 2.24) is 15.0 Å². The number of imidazole rings is 1. The molecule has 2 aliphatic rings. The predicted octanol–water partition coefficient (Wildman–Crippen LogP) is 3.39. The van der Waals surface area contributed by atoms with Crippen LogP contribution >= 0.6 is 0 Å². The van der Waals surface area contributed by atoms with Crippen LogP contribution in [-0.4, -0.2) is 34.0 Å². The third-order valence-corrected chi connectivity index (χ3v) is 5.08. The van der Waals surface area contributed by atoms with Crippen molar-refractivity contribution in [3.63, 3.8) is 0 Å². The molecule has 4 heterocycles. The fraction of sp³-hybridized carbons (Fsp3) is 0.190. The van der Waals surface area contributed by atoms with Crippen LogP contribution < -0.4 is 15.4 Å². The molecule has 0 unspecified atom stereocenters. The summed E-state index contributed by atoms with van der Waals surface area (Å²) in [6, 6.07) is 5.97. The molecule has 7 nitrogen and oxygen atoms in total. The second-order valence-corrected chi connectivity index (χ2v) is 6.95. The zero-order valence-corrected chi connectivity index (χ0v) is 15.6. The number of nitrogens with zero attached hydrogens (tertiary/aromatic N) is 2. The number of hydrogen-bond acceptors (Lipinski definition) is 5. The number of carbonyl (C=O) groups excluding carboxylic acids is 1. The smallest absolute Gasteiger partial charge is 0.256 e. The summed E-state index contributed by atoms with van der Waals surface area (Å²) in [5.41, 5.74) is 7.12. The minimum atomic E-state index is -0.116. The predicted molar refractivity (Wildman–Crippen MR) is 108 cm³/mol. The number of hydrogen-bond donors (Lipinski definition) is 3. The lowest BCUT2D eigenvalue weighted by atomic mass is 9.96. The summed E-state index contributed by atoms with van der Waals surface area (Å²) in [4.78, 5) is 24.3. The lowest BCUT2D eigenvalue weighted by Crippen LogP contribution is -2.20. The van der Waals surface area contributed by atoms with E-state index >= 15 is 0 Å². The standard InChI is InChI=1S/C21H19N5O2/c1-11-17(10-24-21-19(11)22-5-6-28-21)13-3-4-18-15(7-13)16(20(27)26-18)8-14-9-23-12(2)25-14/h3-4,7-10,22H,5-6H2,1-2H3,(H,23,25)(H,26,27)/b16-8-. The topological polar surface area (TPSA) is 91.9 Å². The number of aromatic amines is 1. The molecule has 1 aromatic carbocycles. The first-order chi connectivity index (χ1) is 13.6. The van der Waals surface area contributed by atoms with Crippen molar-refractivity contribution in [3.8, 4) is 17.0 Å². The van der Waals surface area contributed by atoms with Gasteiger partial charge in [0.05, 0.1) is 17.5 Å². The fourth-order valence-corrected chi connectivity index (χ4v) is 3.68. The maximum atomic E-state index is 12.5. The summed E-state index contributed by atoms with van der Waals surface area (Å²) in [6.07, 6.45) is 5.38. The molecule has 3 aromatic rings. The van der Waals surface area contributed by atoms with Crippen molar-refractivity contribution in [2.75, 3.05) is 23.8 Å². The summed E-state index contributed by atoms with van der Waals surface area (Å²) >= 11 is 0. The van der Waals surface area contributed by atoms with Crippen LogP contribution in [0, 0.1) is 13.8 Å². The molecule has 0 saturated heterocycles. The fourth-order valence-electron chi connectivity index (χ4n) is 3.68. The first kappa shape index (κ1) is 16.6. The number of H-pyrrole nitrogens is 1. The van der Waals surface area contributed by atoms with Gasteiger partial charge in [-0.25, -0.2) is 9.97 Å². The summed E-state index contributed by atoms with van der Waals surface area (Å²) in [7, 11) is 0. The monoisotopic (exact) mass is 373 g/mol. The molecule has 2 aromatic heterocycles. The van der Waals surface area contributed by atoms with E-state index in [0.717, 1.165) is 51.7 Å². The van der Waals surface area contributed by atoms with Gasteiger partial charge in [0.15, 0.2) is 0 Å². The van der Waals surface area contributed by atoms with Crippen LogP contribution in [0.1, 0.15) is 22.6 Å². The minimum Gasteiger partial charge on any atom is -0.474 e. The molecule has 0 aliphatic carbocycles. The van der Waals surface area contributed by atoms with E-state index < -0.39 is 0 Å². The molecule has 0 atom stereocenters. The Bertz CT molecular complexity index is 1150. The van der Waals surface area contributed by atoms with Crippen molar-refractivity contribution in [1.29, 1.82) is 0 Å². The highest BCUT2D eigenvalue weighted by molar-refractivity contribution is 6.35. The van der Waals surface area contributed by atoms with Gasteiger partial charge in [-0.05, 0) is 43.2 Å². The maximum Gasteiger partial charge on any atom is 0.256 e. The van der Waals surface area contributed by atoms with Crippen LogP contribution in [0.15, 0.2) is 30.6 Å². The van der Waals surface area contributed by atoms with Crippen molar-refractivity contribution in [2.45, 2.75) is 13.8 Å². The van der Waals surface area contributed by atoms with Crippen LogP contribution in [0.4, 0.5) is 11.4 Å². The van der Waals surface area contributed by atoms with Gasteiger partial charge in [-0.2, -0.15) is 0 Å². The Morgan fingerprint density at radius 1 is 1.14 bits per heavy atom. The maximum absolute atomic E-state index is 12.5. The highest BCUT2D eigenvalue weighted by Gasteiger charge is 2.25. The van der Waals surface area contributed by atoms with E-state index in [9.17, 15) is 4.79 Å². The average Bonchev–Trinajstić information content (AvgIpc) is 3.25. The van der Waals surface area contributed by atoms with Gasteiger partial charge in [0.1, 0.15) is 18.1 Å². The van der Waals surface area contributed by atoms with Gasteiger partial charge < -0.3 is 20.4 Å². The molecule has 2 aliphatic heterocycles. The van der Waals surface area contributed by atoms with E-state index in [1.54, 1.807) is 6.20 Å². The molecule has 140 valence electrons. The van der Waals surface area contributed by atoms with Gasteiger partial charge in [0.25, 0.3) is 5.91 Å². The Kier molecular flexibility index (Phi) is 3.68. The summed E-state index contributed by atoms with van der Waals surface area (Å²) in [5, 5.41) is 6.30. The molecule has 5 rings (SSSR count). The number of amides is 1. The molecule has 0 saturated carbocycles. The van der Waals surface area contributed by atoms with Crippen molar-refractivity contribution < 1.29 is 9.53 Å². The van der Waals surface area contributed by atoms with Gasteiger partial charge >= 0.3 is 0 Å². The molecule has 0 bridgehead atoms. The molecule has 7 heteroatoms. The van der Waals surface area contributed by atoms with Gasteiger partial charge in [0, 0.05) is 29.6 Å². The lowest BCUT2D eigenvalue weighted by molar-refractivity contribution is -0.110. The van der Waals surface area contributed by atoms with Crippen molar-refractivity contribution >= 4 is 28.9 Å². The number of nitrogens with one attached hydrogen (secondary N) is 3. The number of ether oxygens (including phenoxy) is 1. The van der Waals surface area contributed by atoms with E-state index in [1.165, 1.54) is 0 Å². The number of aromatic nitrogens is 3. The lowest BCUT2D eigenvalue weighted by Gasteiger charge is -2.21. The third-order valence-electron chi connectivity index (χ3n) is 5.08. The van der Waals surface area contributed by atoms with Crippen LogP contribution in [0.3, 0.4) is 0 Å². The molecule has 0 spiro atoms. The second-order valence-electron chi connectivity index (χ2n) is 6.95. The van der Waals surface area contributed by atoms with E-state index in [4.69, 9.17) is 4.74 Å². The number of fused-ring (bicyclic) bond motifs is 2. The summed E-state index contributed by atoms with van der Waals surface area (Å²) < 4.78 is 5.62. The van der Waals surface area contributed by atoms with Gasteiger partial charge in [-0.15, -0.1) is 0 Å². The number of rotatable bonds is 2. The number of benzene rings is 1. The van der Waals surface area contributed by atoms with E-state index in [-0.39, 0.29) is 5.91 Å². The van der Waals surface area contributed by atoms with Crippen LogP contribution in [0.2, 0.25) is 0 Å².